The molecule has 1 amide bonds. The summed E-state index contributed by atoms with van der Waals surface area (Å²) in [5.41, 5.74) is 0. The van der Waals surface area contributed by atoms with E-state index >= 15 is 0 Å². The van der Waals surface area contributed by atoms with Gasteiger partial charge >= 0.3 is 5.97 Å². The molecule has 0 spiro atoms. The van der Waals surface area contributed by atoms with Gasteiger partial charge in [-0.25, -0.2) is 14.2 Å². The number of aromatic nitrogens is 1. The van der Waals surface area contributed by atoms with Crippen LogP contribution in [0.4, 0.5) is 10.2 Å². The lowest BCUT2D eigenvalue weighted by atomic mass is 10.3. The molecule has 0 fully saturated rings. The van der Waals surface area contributed by atoms with Gasteiger partial charge in [0.1, 0.15) is 17.4 Å². The summed E-state index contributed by atoms with van der Waals surface area (Å²) in [5, 5.41) is 2.94. The predicted octanol–water partition coefficient (Wildman–Crippen LogP) is 3.21. The van der Waals surface area contributed by atoms with E-state index in [4.69, 9.17) is 21.1 Å². The molecule has 0 bridgehead atoms. The zero-order valence-corrected chi connectivity index (χ0v) is 14.3. The number of anilines is 1. The number of pyridine rings is 1. The average Bonchev–Trinajstić information content (AvgIpc) is 2.58. The Kier molecular flexibility index (Phi) is 6.30. The van der Waals surface area contributed by atoms with Gasteiger partial charge in [-0.05, 0) is 50.2 Å². The maximum absolute atomic E-state index is 12.8. The second-order valence-corrected chi connectivity index (χ2v) is 5.58. The number of amides is 1. The van der Waals surface area contributed by atoms with Gasteiger partial charge in [0.05, 0.1) is 5.02 Å². The second kappa shape index (κ2) is 8.43. The van der Waals surface area contributed by atoms with Gasteiger partial charge in [-0.2, -0.15) is 0 Å². The van der Waals surface area contributed by atoms with Gasteiger partial charge in [0, 0.05) is 6.20 Å². The van der Waals surface area contributed by atoms with Crippen molar-refractivity contribution in [2.24, 2.45) is 0 Å². The Bertz CT molecular complexity index is 737. The minimum absolute atomic E-state index is 0.285. The molecule has 25 heavy (non-hydrogen) atoms. The second-order valence-electron chi connectivity index (χ2n) is 5.14. The fourth-order valence-corrected chi connectivity index (χ4v) is 1.88. The Morgan fingerprint density at radius 1 is 1.12 bits per heavy atom. The Labute approximate surface area is 148 Å². The molecular formula is C17H16ClFN2O4. The SMILES string of the molecule is C[C@H](OC(=O)[C@@H](C)Oc1ccc(F)cc1)C(=O)Nc1ccc(Cl)cn1. The molecule has 2 atom stereocenters. The van der Waals surface area contributed by atoms with Crippen LogP contribution in [0.1, 0.15) is 13.8 Å². The molecule has 1 aromatic heterocycles. The van der Waals surface area contributed by atoms with E-state index in [1.807, 2.05) is 0 Å². The van der Waals surface area contributed by atoms with Crippen molar-refractivity contribution in [1.29, 1.82) is 0 Å². The Morgan fingerprint density at radius 3 is 2.40 bits per heavy atom. The molecular weight excluding hydrogens is 351 g/mol. The van der Waals surface area contributed by atoms with Crippen LogP contribution >= 0.6 is 11.6 Å². The number of benzene rings is 1. The van der Waals surface area contributed by atoms with Gasteiger partial charge in [-0.3, -0.25) is 4.79 Å². The quantitative estimate of drug-likeness (QED) is 0.794. The maximum Gasteiger partial charge on any atom is 0.347 e. The van der Waals surface area contributed by atoms with Crippen LogP contribution in [0, 0.1) is 5.82 Å². The number of esters is 1. The summed E-state index contributed by atoms with van der Waals surface area (Å²) in [6.07, 6.45) is -0.634. The first-order chi connectivity index (χ1) is 11.8. The molecule has 0 aliphatic carbocycles. The average molecular weight is 367 g/mol. The van der Waals surface area contributed by atoms with Crippen molar-refractivity contribution in [2.75, 3.05) is 5.32 Å². The Balaban J connectivity index is 1.86. The molecule has 0 saturated carbocycles. The molecule has 0 aliphatic rings. The standard InChI is InChI=1S/C17H16ClFN2O4/c1-10(16(22)21-15-8-3-12(18)9-20-15)25-17(23)11(2)24-14-6-4-13(19)5-7-14/h3-11H,1-2H3,(H,20,21,22)/t10-,11+/m0/s1. The largest absolute Gasteiger partial charge is 0.479 e. The van der Waals surface area contributed by atoms with Gasteiger partial charge in [0.2, 0.25) is 0 Å². The van der Waals surface area contributed by atoms with E-state index in [1.165, 1.54) is 50.4 Å². The molecule has 0 saturated heterocycles. The Hall–Kier alpha value is -2.67. The van der Waals surface area contributed by atoms with Crippen molar-refractivity contribution in [2.45, 2.75) is 26.1 Å². The zero-order valence-electron chi connectivity index (χ0n) is 13.5. The highest BCUT2D eigenvalue weighted by molar-refractivity contribution is 6.30. The molecule has 2 aromatic rings. The van der Waals surface area contributed by atoms with Crippen LogP contribution in [0.25, 0.3) is 0 Å². The monoisotopic (exact) mass is 366 g/mol. The minimum atomic E-state index is -1.05. The summed E-state index contributed by atoms with van der Waals surface area (Å²) in [7, 11) is 0. The number of halogens is 2. The van der Waals surface area contributed by atoms with Crippen molar-refractivity contribution in [1.82, 2.24) is 4.98 Å². The number of ether oxygens (including phenoxy) is 2. The van der Waals surface area contributed by atoms with Crippen LogP contribution in [-0.4, -0.2) is 29.1 Å². The van der Waals surface area contributed by atoms with Crippen LogP contribution in [0.15, 0.2) is 42.6 Å². The molecule has 8 heteroatoms. The lowest BCUT2D eigenvalue weighted by molar-refractivity contribution is -0.159. The summed E-state index contributed by atoms with van der Waals surface area (Å²) in [5.74, 6) is -1.09. The summed E-state index contributed by atoms with van der Waals surface area (Å²) in [6, 6.07) is 8.29. The number of carbonyl (C=O) groups is 2. The molecule has 1 heterocycles. The van der Waals surface area contributed by atoms with E-state index < -0.39 is 29.9 Å². The fourth-order valence-electron chi connectivity index (χ4n) is 1.77. The van der Waals surface area contributed by atoms with Crippen molar-refractivity contribution in [3.63, 3.8) is 0 Å². The summed E-state index contributed by atoms with van der Waals surface area (Å²) in [4.78, 5) is 27.9. The highest BCUT2D eigenvalue weighted by Crippen LogP contribution is 2.14. The number of carbonyl (C=O) groups excluding carboxylic acids is 2. The third-order valence-electron chi connectivity index (χ3n) is 3.10. The van der Waals surface area contributed by atoms with Crippen LogP contribution in [0.5, 0.6) is 5.75 Å². The lowest BCUT2D eigenvalue weighted by Crippen LogP contribution is -2.35. The van der Waals surface area contributed by atoms with Crippen LogP contribution in [-0.2, 0) is 14.3 Å². The molecule has 0 radical (unpaired) electrons. The first kappa shape index (κ1) is 18.7. The van der Waals surface area contributed by atoms with Gasteiger partial charge in [0.15, 0.2) is 12.2 Å². The summed E-state index contributed by atoms with van der Waals surface area (Å²) < 4.78 is 23.2. The van der Waals surface area contributed by atoms with Crippen molar-refractivity contribution < 1.29 is 23.5 Å². The highest BCUT2D eigenvalue weighted by Gasteiger charge is 2.23. The van der Waals surface area contributed by atoms with E-state index in [1.54, 1.807) is 6.07 Å². The number of hydrogen-bond acceptors (Lipinski definition) is 5. The van der Waals surface area contributed by atoms with E-state index in [2.05, 4.69) is 10.3 Å². The number of nitrogens with one attached hydrogen (secondary N) is 1. The first-order valence-electron chi connectivity index (χ1n) is 7.40. The summed E-state index contributed by atoms with van der Waals surface area (Å²) in [6.45, 7) is 2.89. The van der Waals surface area contributed by atoms with Crippen LogP contribution in [0.2, 0.25) is 5.02 Å². The molecule has 6 nitrogen and oxygen atoms in total. The summed E-state index contributed by atoms with van der Waals surface area (Å²) >= 11 is 5.71. The van der Waals surface area contributed by atoms with Crippen molar-refractivity contribution >= 4 is 29.3 Å². The topological polar surface area (TPSA) is 77.5 Å². The fraction of sp³-hybridized carbons (Fsp3) is 0.235. The number of hydrogen-bond donors (Lipinski definition) is 1. The van der Waals surface area contributed by atoms with Crippen molar-refractivity contribution in [3.8, 4) is 5.75 Å². The number of nitrogens with zero attached hydrogens (tertiary/aromatic N) is 1. The third kappa shape index (κ3) is 5.72. The van der Waals surface area contributed by atoms with Gasteiger partial charge in [-0.15, -0.1) is 0 Å². The normalized spacial score (nSPS) is 12.8. The third-order valence-corrected chi connectivity index (χ3v) is 3.32. The van der Waals surface area contributed by atoms with Gasteiger partial charge < -0.3 is 14.8 Å². The van der Waals surface area contributed by atoms with E-state index in [9.17, 15) is 14.0 Å². The molecule has 2 rings (SSSR count). The van der Waals surface area contributed by atoms with Gasteiger partial charge in [-0.1, -0.05) is 11.6 Å². The number of rotatable bonds is 6. The zero-order chi connectivity index (χ0) is 18.4. The van der Waals surface area contributed by atoms with Crippen LogP contribution < -0.4 is 10.1 Å². The smallest absolute Gasteiger partial charge is 0.347 e. The van der Waals surface area contributed by atoms with E-state index in [0.717, 1.165) is 0 Å². The Morgan fingerprint density at radius 2 is 1.80 bits per heavy atom. The highest BCUT2D eigenvalue weighted by atomic mass is 35.5. The van der Waals surface area contributed by atoms with Gasteiger partial charge in [0.25, 0.3) is 5.91 Å². The van der Waals surface area contributed by atoms with E-state index in [0.29, 0.717) is 10.8 Å². The molecule has 132 valence electrons. The molecule has 1 N–H and O–H groups in total. The predicted molar refractivity (Wildman–Crippen MR) is 89.9 cm³/mol. The molecule has 0 unspecified atom stereocenters. The minimum Gasteiger partial charge on any atom is -0.479 e. The molecule has 0 aliphatic heterocycles. The maximum atomic E-state index is 12.8. The lowest BCUT2D eigenvalue weighted by Gasteiger charge is -2.17. The van der Waals surface area contributed by atoms with Crippen molar-refractivity contribution in [3.05, 3.63) is 53.4 Å². The molecule has 1 aromatic carbocycles. The van der Waals surface area contributed by atoms with E-state index in [-0.39, 0.29) is 5.82 Å². The first-order valence-corrected chi connectivity index (χ1v) is 7.78. The van der Waals surface area contributed by atoms with Crippen LogP contribution in [0.3, 0.4) is 0 Å².